The van der Waals surface area contributed by atoms with E-state index in [1.54, 1.807) is 19.1 Å². The van der Waals surface area contributed by atoms with Gasteiger partial charge in [-0.05, 0) is 24.6 Å². The molecule has 0 spiro atoms. The van der Waals surface area contributed by atoms with E-state index in [0.29, 0.717) is 10.0 Å². The van der Waals surface area contributed by atoms with Crippen LogP contribution in [0.3, 0.4) is 0 Å². The van der Waals surface area contributed by atoms with Crippen LogP contribution in [0.4, 0.5) is 23.2 Å². The number of aryl methyl sites for hydroxylation is 1. The van der Waals surface area contributed by atoms with E-state index in [1.165, 1.54) is 6.07 Å². The second-order valence-corrected chi connectivity index (χ2v) is 5.17. The molecule has 0 aliphatic heterocycles. The molecular formula is C14H8BrF4NO. The predicted octanol–water partition coefficient (Wildman–Crippen LogP) is 4.57. The SMILES string of the molecule is Cc1ccc(Br)cc1C(=O)Nc1c(F)c(F)cc(F)c1F. The molecule has 0 radical (unpaired) electrons. The zero-order valence-corrected chi connectivity index (χ0v) is 12.2. The van der Waals surface area contributed by atoms with Gasteiger partial charge in [0, 0.05) is 16.1 Å². The first-order valence-electron chi connectivity index (χ1n) is 5.71. The number of carbonyl (C=O) groups is 1. The van der Waals surface area contributed by atoms with Crippen LogP contribution in [0.25, 0.3) is 0 Å². The van der Waals surface area contributed by atoms with Crippen LogP contribution in [0.1, 0.15) is 15.9 Å². The average molecular weight is 362 g/mol. The van der Waals surface area contributed by atoms with Gasteiger partial charge in [0.1, 0.15) is 5.69 Å². The van der Waals surface area contributed by atoms with Crippen molar-refractivity contribution in [2.45, 2.75) is 6.92 Å². The highest BCUT2D eigenvalue weighted by atomic mass is 79.9. The highest BCUT2D eigenvalue weighted by molar-refractivity contribution is 9.10. The number of amides is 1. The van der Waals surface area contributed by atoms with Crippen molar-refractivity contribution in [2.24, 2.45) is 0 Å². The average Bonchev–Trinajstić information content (AvgIpc) is 2.43. The van der Waals surface area contributed by atoms with Crippen molar-refractivity contribution in [2.75, 3.05) is 5.32 Å². The third-order valence-corrected chi connectivity index (χ3v) is 3.29. The summed E-state index contributed by atoms with van der Waals surface area (Å²) in [5.41, 5.74) is -0.502. The molecule has 7 heteroatoms. The van der Waals surface area contributed by atoms with Crippen LogP contribution in [-0.2, 0) is 0 Å². The largest absolute Gasteiger partial charge is 0.317 e. The van der Waals surface area contributed by atoms with Crippen molar-refractivity contribution in [3.63, 3.8) is 0 Å². The molecule has 2 aromatic rings. The Morgan fingerprint density at radius 3 is 2.19 bits per heavy atom. The number of benzene rings is 2. The minimum Gasteiger partial charge on any atom is -0.317 e. The number of carbonyl (C=O) groups excluding carboxylic acids is 1. The summed E-state index contributed by atoms with van der Waals surface area (Å²) < 4.78 is 53.7. The second kappa shape index (κ2) is 5.85. The molecular weight excluding hydrogens is 354 g/mol. The van der Waals surface area contributed by atoms with Crippen LogP contribution in [0.15, 0.2) is 28.7 Å². The van der Waals surface area contributed by atoms with Crippen molar-refractivity contribution in [3.8, 4) is 0 Å². The van der Waals surface area contributed by atoms with Gasteiger partial charge < -0.3 is 5.32 Å². The van der Waals surface area contributed by atoms with Gasteiger partial charge in [0.15, 0.2) is 23.3 Å². The molecule has 0 aromatic heterocycles. The van der Waals surface area contributed by atoms with E-state index in [1.807, 2.05) is 5.32 Å². The second-order valence-electron chi connectivity index (χ2n) is 4.26. The topological polar surface area (TPSA) is 29.1 Å². The molecule has 2 aromatic carbocycles. The molecule has 2 rings (SSSR count). The fraction of sp³-hybridized carbons (Fsp3) is 0.0714. The van der Waals surface area contributed by atoms with Gasteiger partial charge in [0.2, 0.25) is 0 Å². The third kappa shape index (κ3) is 3.07. The monoisotopic (exact) mass is 361 g/mol. The van der Waals surface area contributed by atoms with Crippen LogP contribution in [0.2, 0.25) is 0 Å². The minimum absolute atomic E-state index is 0.0741. The first-order chi connectivity index (χ1) is 9.81. The van der Waals surface area contributed by atoms with Gasteiger partial charge in [-0.1, -0.05) is 22.0 Å². The summed E-state index contributed by atoms with van der Waals surface area (Å²) in [6, 6.07) is 4.79. The van der Waals surface area contributed by atoms with E-state index in [0.717, 1.165) is 0 Å². The summed E-state index contributed by atoms with van der Waals surface area (Å²) in [6.07, 6.45) is 0. The molecule has 0 unspecified atom stereocenters. The van der Waals surface area contributed by atoms with Crippen LogP contribution in [-0.4, -0.2) is 5.91 Å². The van der Waals surface area contributed by atoms with E-state index >= 15 is 0 Å². The molecule has 1 N–H and O–H groups in total. The van der Waals surface area contributed by atoms with E-state index in [4.69, 9.17) is 0 Å². The Hall–Kier alpha value is -1.89. The van der Waals surface area contributed by atoms with Crippen LogP contribution in [0, 0.1) is 30.2 Å². The van der Waals surface area contributed by atoms with Crippen LogP contribution in [0.5, 0.6) is 0 Å². The smallest absolute Gasteiger partial charge is 0.256 e. The minimum atomic E-state index is -1.66. The van der Waals surface area contributed by atoms with Crippen molar-refractivity contribution >= 4 is 27.5 Å². The Balaban J connectivity index is 2.43. The van der Waals surface area contributed by atoms with Crippen molar-refractivity contribution in [3.05, 3.63) is 63.1 Å². The molecule has 0 saturated heterocycles. The molecule has 0 aliphatic rings. The lowest BCUT2D eigenvalue weighted by Crippen LogP contribution is -2.17. The van der Waals surface area contributed by atoms with E-state index in [-0.39, 0.29) is 11.6 Å². The molecule has 1 amide bonds. The van der Waals surface area contributed by atoms with Gasteiger partial charge in [0.25, 0.3) is 5.91 Å². The zero-order valence-electron chi connectivity index (χ0n) is 10.6. The van der Waals surface area contributed by atoms with E-state index < -0.39 is 34.9 Å². The van der Waals surface area contributed by atoms with Gasteiger partial charge >= 0.3 is 0 Å². The lowest BCUT2D eigenvalue weighted by Gasteiger charge is -2.10. The normalized spacial score (nSPS) is 10.6. The molecule has 0 bridgehead atoms. The van der Waals surface area contributed by atoms with Crippen molar-refractivity contribution < 1.29 is 22.4 Å². The molecule has 0 heterocycles. The lowest BCUT2D eigenvalue weighted by molar-refractivity contribution is 0.102. The first kappa shape index (κ1) is 15.5. The Kier molecular flexibility index (Phi) is 4.32. The number of hydrogen-bond donors (Lipinski definition) is 1. The maximum absolute atomic E-state index is 13.5. The van der Waals surface area contributed by atoms with Gasteiger partial charge in [-0.15, -0.1) is 0 Å². The summed E-state index contributed by atoms with van der Waals surface area (Å²) in [4.78, 5) is 12.0. The third-order valence-electron chi connectivity index (χ3n) is 2.79. The summed E-state index contributed by atoms with van der Waals surface area (Å²) in [7, 11) is 0. The number of rotatable bonds is 2. The predicted molar refractivity (Wildman–Crippen MR) is 73.1 cm³/mol. The zero-order chi connectivity index (χ0) is 15.7. The molecule has 0 atom stereocenters. The lowest BCUT2D eigenvalue weighted by atomic mass is 10.1. The quantitative estimate of drug-likeness (QED) is 0.616. The molecule has 0 fully saturated rings. The maximum Gasteiger partial charge on any atom is 0.256 e. The highest BCUT2D eigenvalue weighted by Crippen LogP contribution is 2.25. The Morgan fingerprint density at radius 2 is 1.62 bits per heavy atom. The van der Waals surface area contributed by atoms with E-state index in [2.05, 4.69) is 15.9 Å². The van der Waals surface area contributed by atoms with E-state index in [9.17, 15) is 22.4 Å². The van der Waals surface area contributed by atoms with Crippen LogP contribution < -0.4 is 5.32 Å². The van der Waals surface area contributed by atoms with Gasteiger partial charge in [0.05, 0.1) is 0 Å². The summed E-state index contributed by atoms with van der Waals surface area (Å²) >= 11 is 3.15. The number of nitrogens with one attached hydrogen (secondary N) is 1. The molecule has 21 heavy (non-hydrogen) atoms. The Labute approximate surface area is 125 Å². The summed E-state index contributed by atoms with van der Waals surface area (Å²) in [5.74, 6) is -7.37. The van der Waals surface area contributed by atoms with Gasteiger partial charge in [-0.25, -0.2) is 17.6 Å². The maximum atomic E-state index is 13.5. The number of halogens is 5. The number of anilines is 1. The molecule has 0 saturated carbocycles. The fourth-order valence-electron chi connectivity index (χ4n) is 1.70. The summed E-state index contributed by atoms with van der Waals surface area (Å²) in [5, 5.41) is 1.85. The van der Waals surface area contributed by atoms with Gasteiger partial charge in [-0.2, -0.15) is 0 Å². The number of hydrogen-bond acceptors (Lipinski definition) is 1. The van der Waals surface area contributed by atoms with Gasteiger partial charge in [-0.3, -0.25) is 4.79 Å². The molecule has 110 valence electrons. The fourth-order valence-corrected chi connectivity index (χ4v) is 2.06. The van der Waals surface area contributed by atoms with Crippen molar-refractivity contribution in [1.29, 1.82) is 0 Å². The highest BCUT2D eigenvalue weighted by Gasteiger charge is 2.22. The Morgan fingerprint density at radius 1 is 1.05 bits per heavy atom. The molecule has 2 nitrogen and oxygen atoms in total. The molecule has 0 aliphatic carbocycles. The first-order valence-corrected chi connectivity index (χ1v) is 6.51. The van der Waals surface area contributed by atoms with Crippen LogP contribution >= 0.6 is 15.9 Å². The summed E-state index contributed by atoms with van der Waals surface area (Å²) in [6.45, 7) is 1.61. The van der Waals surface area contributed by atoms with Crippen molar-refractivity contribution in [1.82, 2.24) is 0 Å². The Bertz CT molecular complexity index is 707. The standard InChI is InChI=1S/C14H8BrF4NO/c1-6-2-3-7(15)4-8(6)14(21)20-13-11(18)9(16)5-10(17)12(13)19/h2-5H,1H3,(H,20,21).